The highest BCUT2D eigenvalue weighted by atomic mass is 35.5. The number of nitrogens with one attached hydrogen (secondary N) is 2. The minimum atomic E-state index is 0.569. The van der Waals surface area contributed by atoms with Crippen molar-refractivity contribution in [3.05, 3.63) is 53.7 Å². The summed E-state index contributed by atoms with van der Waals surface area (Å²) in [7, 11) is 0. The molecule has 0 atom stereocenters. The van der Waals surface area contributed by atoms with Gasteiger partial charge in [0.2, 0.25) is 5.95 Å². The Bertz CT molecular complexity index is 755. The van der Waals surface area contributed by atoms with E-state index in [2.05, 4.69) is 24.8 Å². The third-order valence-electron chi connectivity index (χ3n) is 4.47. The van der Waals surface area contributed by atoms with E-state index in [1.807, 2.05) is 36.7 Å². The predicted octanol–water partition coefficient (Wildman–Crippen LogP) is 3.84. The van der Waals surface area contributed by atoms with Crippen molar-refractivity contribution in [3.63, 3.8) is 0 Å². The van der Waals surface area contributed by atoms with Crippen molar-refractivity contribution in [3.8, 4) is 11.3 Å². The summed E-state index contributed by atoms with van der Waals surface area (Å²) >= 11 is 5.94. The lowest BCUT2D eigenvalue weighted by Gasteiger charge is -2.31. The Kier molecular flexibility index (Phi) is 3.79. The van der Waals surface area contributed by atoms with Crippen molar-refractivity contribution in [1.82, 2.24) is 19.9 Å². The minimum absolute atomic E-state index is 0.569. The van der Waals surface area contributed by atoms with Crippen LogP contribution in [0, 0.1) is 0 Å². The van der Waals surface area contributed by atoms with E-state index in [-0.39, 0.29) is 0 Å². The Hall–Kier alpha value is -2.27. The van der Waals surface area contributed by atoms with Gasteiger partial charge in [0.05, 0.1) is 18.2 Å². The number of H-pyrrole nitrogens is 2. The van der Waals surface area contributed by atoms with Crippen molar-refractivity contribution >= 4 is 17.5 Å². The fourth-order valence-corrected chi connectivity index (χ4v) is 3.27. The smallest absolute Gasteiger partial charge is 0.203 e. The molecule has 23 heavy (non-hydrogen) atoms. The summed E-state index contributed by atoms with van der Waals surface area (Å²) in [6.07, 6.45) is 7.80. The third kappa shape index (κ3) is 2.97. The molecule has 2 aromatic heterocycles. The Morgan fingerprint density at radius 3 is 2.57 bits per heavy atom. The molecule has 0 amide bonds. The van der Waals surface area contributed by atoms with Crippen LogP contribution in [0.5, 0.6) is 0 Å². The van der Waals surface area contributed by atoms with E-state index >= 15 is 0 Å². The first-order valence-corrected chi connectivity index (χ1v) is 8.21. The average molecular weight is 328 g/mol. The van der Waals surface area contributed by atoms with Crippen molar-refractivity contribution in [2.75, 3.05) is 18.0 Å². The van der Waals surface area contributed by atoms with Gasteiger partial charge in [0.1, 0.15) is 0 Å². The van der Waals surface area contributed by atoms with Crippen LogP contribution < -0.4 is 4.90 Å². The second-order valence-corrected chi connectivity index (χ2v) is 6.33. The Morgan fingerprint density at radius 2 is 1.87 bits per heavy atom. The summed E-state index contributed by atoms with van der Waals surface area (Å²) in [5, 5.41) is 0.745. The highest BCUT2D eigenvalue weighted by Crippen LogP contribution is 2.29. The van der Waals surface area contributed by atoms with Crippen LogP contribution in [0.25, 0.3) is 11.3 Å². The van der Waals surface area contributed by atoms with Gasteiger partial charge in [0.15, 0.2) is 0 Å². The largest absolute Gasteiger partial charge is 0.348 e. The molecule has 118 valence electrons. The SMILES string of the molecule is Clc1ccc(-c2cnc(N3CCC(c4cnc[nH]4)CC3)[nH]2)cc1. The zero-order chi connectivity index (χ0) is 15.6. The molecule has 3 heterocycles. The van der Waals surface area contributed by atoms with Crippen molar-refractivity contribution in [2.45, 2.75) is 18.8 Å². The molecule has 2 N–H and O–H groups in total. The maximum absolute atomic E-state index is 5.94. The number of aromatic nitrogens is 4. The van der Waals surface area contributed by atoms with E-state index < -0.39 is 0 Å². The fraction of sp³-hybridized carbons (Fsp3) is 0.294. The molecule has 1 aliphatic rings. The normalized spacial score (nSPS) is 16.0. The van der Waals surface area contributed by atoms with E-state index in [0.717, 1.165) is 48.2 Å². The van der Waals surface area contributed by atoms with Gasteiger partial charge in [-0.1, -0.05) is 23.7 Å². The number of hydrogen-bond donors (Lipinski definition) is 2. The van der Waals surface area contributed by atoms with Crippen LogP contribution >= 0.6 is 11.6 Å². The Balaban J connectivity index is 1.45. The summed E-state index contributed by atoms with van der Waals surface area (Å²) in [5.74, 6) is 1.51. The molecule has 1 fully saturated rings. The number of hydrogen-bond acceptors (Lipinski definition) is 3. The number of nitrogens with zero attached hydrogens (tertiary/aromatic N) is 3. The number of benzene rings is 1. The molecule has 0 bridgehead atoms. The molecule has 0 aliphatic carbocycles. The van der Waals surface area contributed by atoms with Crippen LogP contribution in [-0.4, -0.2) is 33.0 Å². The summed E-state index contributed by atoms with van der Waals surface area (Å²) in [4.78, 5) is 17.6. The summed E-state index contributed by atoms with van der Waals surface area (Å²) in [6, 6.07) is 7.80. The standard InChI is InChI=1S/C17H18ClN5/c18-14-3-1-12(2-4-14)16-10-20-17(22-16)23-7-5-13(6-8-23)15-9-19-11-21-15/h1-4,9-11,13H,5-8H2,(H,19,21)(H,20,22). The first-order chi connectivity index (χ1) is 11.3. The molecule has 5 nitrogen and oxygen atoms in total. The van der Waals surface area contributed by atoms with Gasteiger partial charge in [-0.3, -0.25) is 0 Å². The molecule has 0 radical (unpaired) electrons. The van der Waals surface area contributed by atoms with Crippen LogP contribution in [0.4, 0.5) is 5.95 Å². The van der Waals surface area contributed by atoms with Gasteiger partial charge in [0.25, 0.3) is 0 Å². The van der Waals surface area contributed by atoms with Gasteiger partial charge in [-0.2, -0.15) is 0 Å². The highest BCUT2D eigenvalue weighted by Gasteiger charge is 2.23. The number of aromatic amines is 2. The summed E-state index contributed by atoms with van der Waals surface area (Å²) in [6.45, 7) is 1.99. The monoisotopic (exact) mass is 327 g/mol. The van der Waals surface area contributed by atoms with Gasteiger partial charge in [0, 0.05) is 35.9 Å². The molecule has 0 unspecified atom stereocenters. The van der Waals surface area contributed by atoms with E-state index in [1.54, 1.807) is 6.33 Å². The fourth-order valence-electron chi connectivity index (χ4n) is 3.14. The average Bonchev–Trinajstić information content (AvgIpc) is 3.28. The molecule has 0 saturated carbocycles. The van der Waals surface area contributed by atoms with Crippen molar-refractivity contribution < 1.29 is 0 Å². The lowest BCUT2D eigenvalue weighted by Crippen LogP contribution is -2.33. The highest BCUT2D eigenvalue weighted by molar-refractivity contribution is 6.30. The second kappa shape index (κ2) is 6.08. The van der Waals surface area contributed by atoms with Gasteiger partial charge < -0.3 is 14.9 Å². The van der Waals surface area contributed by atoms with Crippen LogP contribution in [0.2, 0.25) is 5.02 Å². The van der Waals surface area contributed by atoms with Gasteiger partial charge in [-0.15, -0.1) is 0 Å². The lowest BCUT2D eigenvalue weighted by atomic mass is 9.94. The van der Waals surface area contributed by atoms with Crippen LogP contribution in [0.3, 0.4) is 0 Å². The molecule has 1 aliphatic heterocycles. The number of halogens is 1. The molecule has 0 spiro atoms. The topological polar surface area (TPSA) is 60.6 Å². The van der Waals surface area contributed by atoms with Crippen LogP contribution in [0.15, 0.2) is 43.0 Å². The molecule has 4 rings (SSSR count). The zero-order valence-corrected chi connectivity index (χ0v) is 13.4. The van der Waals surface area contributed by atoms with E-state index in [1.165, 1.54) is 5.69 Å². The molecule has 1 aromatic carbocycles. The Morgan fingerprint density at radius 1 is 1.09 bits per heavy atom. The van der Waals surface area contributed by atoms with Crippen LogP contribution in [0.1, 0.15) is 24.5 Å². The Labute approximate surface area is 139 Å². The minimum Gasteiger partial charge on any atom is -0.348 e. The maximum atomic E-state index is 5.94. The van der Waals surface area contributed by atoms with Gasteiger partial charge >= 0.3 is 0 Å². The lowest BCUT2D eigenvalue weighted by molar-refractivity contribution is 0.493. The van der Waals surface area contributed by atoms with Gasteiger partial charge in [-0.25, -0.2) is 9.97 Å². The molecule has 1 saturated heterocycles. The van der Waals surface area contributed by atoms with E-state index in [9.17, 15) is 0 Å². The molecular weight excluding hydrogens is 310 g/mol. The van der Waals surface area contributed by atoms with Crippen molar-refractivity contribution in [1.29, 1.82) is 0 Å². The number of piperidine rings is 1. The number of rotatable bonds is 3. The van der Waals surface area contributed by atoms with E-state index in [4.69, 9.17) is 11.6 Å². The first-order valence-electron chi connectivity index (χ1n) is 7.84. The van der Waals surface area contributed by atoms with E-state index in [0.29, 0.717) is 5.92 Å². The summed E-state index contributed by atoms with van der Waals surface area (Å²) < 4.78 is 0. The summed E-state index contributed by atoms with van der Waals surface area (Å²) in [5.41, 5.74) is 3.36. The second-order valence-electron chi connectivity index (χ2n) is 5.90. The third-order valence-corrected chi connectivity index (χ3v) is 4.72. The first kappa shape index (κ1) is 14.3. The molecular formula is C17H18ClN5. The quantitative estimate of drug-likeness (QED) is 0.768. The maximum Gasteiger partial charge on any atom is 0.203 e. The van der Waals surface area contributed by atoms with Gasteiger partial charge in [-0.05, 0) is 30.5 Å². The number of anilines is 1. The van der Waals surface area contributed by atoms with Crippen LogP contribution in [-0.2, 0) is 0 Å². The number of imidazole rings is 2. The van der Waals surface area contributed by atoms with Crippen molar-refractivity contribution in [2.24, 2.45) is 0 Å². The molecule has 6 heteroatoms. The molecule has 3 aromatic rings. The predicted molar refractivity (Wildman–Crippen MR) is 91.8 cm³/mol. The zero-order valence-electron chi connectivity index (χ0n) is 12.7.